The molecular weight excluding hydrogens is 594 g/mol. The minimum atomic E-state index is -0.551. The summed E-state index contributed by atoms with van der Waals surface area (Å²) in [6.45, 7) is 5.90. The number of nitrogens with zero attached hydrogens (tertiary/aromatic N) is 2. The smallest absolute Gasteiger partial charge is 0.344 e. The van der Waals surface area contributed by atoms with Gasteiger partial charge >= 0.3 is 11.9 Å². The molecule has 0 spiro atoms. The number of nitrogens with one attached hydrogen (secondary N) is 1. The molecule has 214 valence electrons. The van der Waals surface area contributed by atoms with E-state index in [2.05, 4.69) is 57.0 Å². The Balaban J connectivity index is 1.35. The first-order chi connectivity index (χ1) is 19.8. The molecule has 11 heteroatoms. The number of hydrogen-bond acceptors (Lipinski definition) is 8. The Bertz CT molecular complexity index is 1520. The Kier molecular flexibility index (Phi) is 9.86. The summed E-state index contributed by atoms with van der Waals surface area (Å²) >= 11 is 3.40. The van der Waals surface area contributed by atoms with Gasteiger partial charge in [-0.15, -0.1) is 0 Å². The summed E-state index contributed by atoms with van der Waals surface area (Å²) in [6.07, 6.45) is 1.37. The lowest BCUT2D eigenvalue weighted by atomic mass is 10.2. The van der Waals surface area contributed by atoms with Crippen molar-refractivity contribution < 1.29 is 33.0 Å². The fraction of sp³-hybridized carbons (Fsp3) is 0.233. The molecule has 0 saturated carbocycles. The van der Waals surface area contributed by atoms with Gasteiger partial charge in [0, 0.05) is 27.1 Å². The van der Waals surface area contributed by atoms with Gasteiger partial charge in [-0.05, 0) is 81.4 Å². The molecule has 0 saturated heterocycles. The first kappa shape index (κ1) is 29.5. The van der Waals surface area contributed by atoms with Gasteiger partial charge in [0.1, 0.15) is 18.1 Å². The van der Waals surface area contributed by atoms with Crippen molar-refractivity contribution >= 4 is 34.0 Å². The van der Waals surface area contributed by atoms with Crippen molar-refractivity contribution in [2.45, 2.75) is 27.4 Å². The molecule has 0 radical (unpaired) electrons. The summed E-state index contributed by atoms with van der Waals surface area (Å²) in [7, 11) is 1.47. The van der Waals surface area contributed by atoms with Gasteiger partial charge in [-0.25, -0.2) is 10.2 Å². The van der Waals surface area contributed by atoms with Crippen molar-refractivity contribution in [3.8, 4) is 22.9 Å². The summed E-state index contributed by atoms with van der Waals surface area (Å²) in [4.78, 5) is 24.4. The van der Waals surface area contributed by atoms with Crippen LogP contribution in [-0.2, 0) is 16.1 Å². The van der Waals surface area contributed by atoms with Crippen LogP contribution in [0.15, 0.2) is 74.7 Å². The monoisotopic (exact) mass is 623 g/mol. The van der Waals surface area contributed by atoms with Gasteiger partial charge in [-0.2, -0.15) is 5.10 Å². The van der Waals surface area contributed by atoms with Crippen LogP contribution in [0.3, 0.4) is 0 Å². The molecule has 41 heavy (non-hydrogen) atoms. The number of amides is 1. The van der Waals surface area contributed by atoms with Crippen LogP contribution in [0, 0.1) is 13.8 Å². The number of benzene rings is 2. The van der Waals surface area contributed by atoms with Crippen LogP contribution in [0.1, 0.15) is 40.2 Å². The second kappa shape index (κ2) is 13.7. The number of carbonyl (C=O) groups excluding carboxylic acids is 2. The van der Waals surface area contributed by atoms with Gasteiger partial charge in [0.15, 0.2) is 23.9 Å². The van der Waals surface area contributed by atoms with Gasteiger partial charge in [-0.3, -0.25) is 4.79 Å². The SMILES string of the molecule is CCOC(=O)COc1c(C=NNC(=O)c2ccc(COc3ccc(-n4c(C)ccc4C)cc3)o2)cc(Br)cc1OC. The maximum atomic E-state index is 12.6. The predicted molar refractivity (Wildman–Crippen MR) is 156 cm³/mol. The van der Waals surface area contributed by atoms with Crippen LogP contribution < -0.4 is 19.6 Å². The quantitative estimate of drug-likeness (QED) is 0.121. The van der Waals surface area contributed by atoms with E-state index < -0.39 is 11.9 Å². The zero-order valence-corrected chi connectivity index (χ0v) is 24.7. The van der Waals surface area contributed by atoms with Gasteiger partial charge in [0.2, 0.25) is 0 Å². The van der Waals surface area contributed by atoms with Crippen LogP contribution in [0.5, 0.6) is 17.2 Å². The molecule has 0 unspecified atom stereocenters. The molecule has 1 amide bonds. The Labute approximate surface area is 246 Å². The lowest BCUT2D eigenvalue weighted by Gasteiger charge is -2.13. The highest BCUT2D eigenvalue weighted by Crippen LogP contribution is 2.34. The largest absolute Gasteiger partial charge is 0.493 e. The Morgan fingerprint density at radius 3 is 2.44 bits per heavy atom. The van der Waals surface area contributed by atoms with Gasteiger partial charge in [0.05, 0.1) is 19.9 Å². The number of aryl methyl sites for hydroxylation is 2. The molecule has 4 rings (SSSR count). The molecule has 0 bridgehead atoms. The second-order valence-electron chi connectivity index (χ2n) is 8.82. The molecule has 10 nitrogen and oxygen atoms in total. The molecule has 2 aromatic heterocycles. The number of halogens is 1. The highest BCUT2D eigenvalue weighted by atomic mass is 79.9. The minimum absolute atomic E-state index is 0.0697. The van der Waals surface area contributed by atoms with Crippen LogP contribution >= 0.6 is 15.9 Å². The van der Waals surface area contributed by atoms with Gasteiger partial charge in [-0.1, -0.05) is 15.9 Å². The first-order valence-corrected chi connectivity index (χ1v) is 13.5. The van der Waals surface area contributed by atoms with E-state index in [4.69, 9.17) is 23.4 Å². The van der Waals surface area contributed by atoms with E-state index in [-0.39, 0.29) is 31.3 Å². The number of esters is 1. The van der Waals surface area contributed by atoms with E-state index in [1.807, 2.05) is 24.3 Å². The first-order valence-electron chi connectivity index (χ1n) is 12.7. The summed E-state index contributed by atoms with van der Waals surface area (Å²) in [5, 5.41) is 4.01. The van der Waals surface area contributed by atoms with E-state index in [1.165, 1.54) is 13.3 Å². The summed E-state index contributed by atoms with van der Waals surface area (Å²) < 4.78 is 30.2. The van der Waals surface area contributed by atoms with Crippen LogP contribution in [0.2, 0.25) is 0 Å². The average molecular weight is 624 g/mol. The Morgan fingerprint density at radius 1 is 1.02 bits per heavy atom. The van der Waals surface area contributed by atoms with Crippen molar-refractivity contribution in [3.05, 3.63) is 93.6 Å². The van der Waals surface area contributed by atoms with Crippen molar-refractivity contribution in [3.63, 3.8) is 0 Å². The van der Waals surface area contributed by atoms with Crippen LogP contribution in [0.25, 0.3) is 5.69 Å². The Morgan fingerprint density at radius 2 is 1.76 bits per heavy atom. The number of methoxy groups -OCH3 is 1. The highest BCUT2D eigenvalue weighted by molar-refractivity contribution is 9.10. The molecule has 4 aromatic rings. The molecule has 0 fully saturated rings. The topological polar surface area (TPSA) is 114 Å². The standard InChI is InChI=1S/C30H30BrN3O7/c1-5-38-28(35)18-40-29-21(14-22(31)15-27(29)37-4)16-32-33-30(36)26-13-12-25(41-26)17-39-24-10-8-23(9-11-24)34-19(2)6-7-20(34)3/h6-16H,5,17-18H2,1-4H3,(H,33,36). The molecule has 0 atom stereocenters. The predicted octanol–water partition coefficient (Wildman–Crippen LogP) is 5.74. The maximum absolute atomic E-state index is 12.6. The summed E-state index contributed by atoms with van der Waals surface area (Å²) in [6, 6.07) is 18.5. The van der Waals surface area contributed by atoms with E-state index in [0.29, 0.717) is 27.3 Å². The van der Waals surface area contributed by atoms with Crippen LogP contribution in [-0.4, -0.2) is 43.0 Å². The normalized spacial score (nSPS) is 11.0. The van der Waals surface area contributed by atoms with Crippen molar-refractivity contribution in [2.24, 2.45) is 5.10 Å². The van der Waals surface area contributed by atoms with Gasteiger partial charge in [0.25, 0.3) is 0 Å². The van der Waals surface area contributed by atoms with Crippen molar-refractivity contribution in [2.75, 3.05) is 20.3 Å². The molecule has 0 aliphatic carbocycles. The van der Waals surface area contributed by atoms with Crippen molar-refractivity contribution in [1.82, 2.24) is 9.99 Å². The van der Waals surface area contributed by atoms with Crippen molar-refractivity contribution in [1.29, 1.82) is 0 Å². The third kappa shape index (κ3) is 7.57. The van der Waals surface area contributed by atoms with Crippen LogP contribution in [0.4, 0.5) is 0 Å². The van der Waals surface area contributed by atoms with E-state index in [1.54, 1.807) is 31.2 Å². The molecule has 0 aliphatic rings. The Hall–Kier alpha value is -4.51. The number of aromatic nitrogens is 1. The zero-order valence-electron chi connectivity index (χ0n) is 23.1. The number of carbonyl (C=O) groups is 2. The fourth-order valence-corrected chi connectivity index (χ4v) is 4.49. The molecule has 2 aromatic carbocycles. The van der Waals surface area contributed by atoms with E-state index in [0.717, 1.165) is 17.1 Å². The summed E-state index contributed by atoms with van der Waals surface area (Å²) in [5.74, 6) is 0.791. The molecule has 2 heterocycles. The summed E-state index contributed by atoms with van der Waals surface area (Å²) in [5.41, 5.74) is 6.24. The number of furan rings is 1. The minimum Gasteiger partial charge on any atom is -0.493 e. The molecule has 1 N–H and O–H groups in total. The molecular formula is C30H30BrN3O7. The zero-order chi connectivity index (χ0) is 29.4. The third-order valence-electron chi connectivity index (χ3n) is 5.91. The highest BCUT2D eigenvalue weighted by Gasteiger charge is 2.15. The van der Waals surface area contributed by atoms with E-state index in [9.17, 15) is 9.59 Å². The second-order valence-corrected chi connectivity index (χ2v) is 9.73. The number of hydrazone groups is 1. The average Bonchev–Trinajstić information content (AvgIpc) is 3.57. The number of ether oxygens (including phenoxy) is 4. The third-order valence-corrected chi connectivity index (χ3v) is 6.37. The van der Waals surface area contributed by atoms with Gasteiger partial charge < -0.3 is 27.9 Å². The maximum Gasteiger partial charge on any atom is 0.344 e. The molecule has 0 aliphatic heterocycles. The number of hydrogen-bond donors (Lipinski definition) is 1. The van der Waals surface area contributed by atoms with E-state index >= 15 is 0 Å². The lowest BCUT2D eigenvalue weighted by Crippen LogP contribution is -2.17. The fourth-order valence-electron chi connectivity index (χ4n) is 4.04. The number of rotatable bonds is 12. The lowest BCUT2D eigenvalue weighted by molar-refractivity contribution is -0.145.